The number of piperidine rings is 1. The molecule has 1 aromatic heterocycles. The van der Waals surface area contributed by atoms with Crippen LogP contribution in [0.5, 0.6) is 0 Å². The number of amides is 1. The third kappa shape index (κ3) is 3.06. The first-order valence-electron chi connectivity index (χ1n) is 11.4. The molecule has 0 radical (unpaired) electrons. The van der Waals surface area contributed by atoms with Crippen LogP contribution in [0.15, 0.2) is 42.7 Å². The number of aromatic nitrogens is 2. The van der Waals surface area contributed by atoms with E-state index in [0.717, 1.165) is 25.0 Å². The standard InChI is InChI=1S/C25H32N4O/c1-17-15-27-19(16-26-17)24(30)29-21-14-25(2)22(11-7-8-12-23(25)29)28(3)20(21)13-18-9-5-4-6-10-18/h4-6,9-10,15-16,20-23H,7-8,11-14H2,1-3H3/t20-,21+,22-,23+,25-/m1/s1. The first-order valence-corrected chi connectivity index (χ1v) is 11.4. The number of likely N-dealkylation sites (tertiary alicyclic amines) is 2. The van der Waals surface area contributed by atoms with E-state index >= 15 is 0 Å². The quantitative estimate of drug-likeness (QED) is 0.779. The molecule has 5 heteroatoms. The van der Waals surface area contributed by atoms with Gasteiger partial charge in [0.1, 0.15) is 5.69 Å². The second-order valence-corrected chi connectivity index (χ2v) is 9.77. The molecule has 1 aliphatic carbocycles. The minimum absolute atomic E-state index is 0.0650. The van der Waals surface area contributed by atoms with Crippen molar-refractivity contribution in [1.29, 1.82) is 0 Å². The molecule has 3 aliphatic rings. The molecule has 1 aromatic carbocycles. The van der Waals surface area contributed by atoms with Crippen molar-refractivity contribution in [2.24, 2.45) is 5.41 Å². The summed E-state index contributed by atoms with van der Waals surface area (Å²) >= 11 is 0. The van der Waals surface area contributed by atoms with Crippen LogP contribution in [-0.2, 0) is 6.42 Å². The zero-order valence-corrected chi connectivity index (χ0v) is 18.3. The molecule has 1 saturated carbocycles. The molecular formula is C25H32N4O. The number of carbonyl (C=O) groups is 1. The Morgan fingerprint density at radius 2 is 1.83 bits per heavy atom. The van der Waals surface area contributed by atoms with Gasteiger partial charge in [-0.15, -0.1) is 0 Å². The van der Waals surface area contributed by atoms with Crippen LogP contribution in [0.3, 0.4) is 0 Å². The van der Waals surface area contributed by atoms with Gasteiger partial charge in [-0.3, -0.25) is 14.7 Å². The highest BCUT2D eigenvalue weighted by atomic mass is 16.2. The van der Waals surface area contributed by atoms with Crippen LogP contribution in [0.25, 0.3) is 0 Å². The van der Waals surface area contributed by atoms with Gasteiger partial charge < -0.3 is 4.90 Å². The van der Waals surface area contributed by atoms with E-state index in [4.69, 9.17) is 0 Å². The van der Waals surface area contributed by atoms with Crippen molar-refractivity contribution in [1.82, 2.24) is 19.8 Å². The summed E-state index contributed by atoms with van der Waals surface area (Å²) in [4.78, 5) is 27.4. The molecule has 2 bridgehead atoms. The van der Waals surface area contributed by atoms with Crippen LogP contribution in [0.1, 0.15) is 60.8 Å². The monoisotopic (exact) mass is 404 g/mol. The average molecular weight is 405 g/mol. The molecule has 2 saturated heterocycles. The van der Waals surface area contributed by atoms with Crippen molar-refractivity contribution in [2.45, 2.75) is 76.5 Å². The van der Waals surface area contributed by atoms with Crippen LogP contribution in [-0.4, -0.2) is 56.9 Å². The fourth-order valence-electron chi connectivity index (χ4n) is 6.62. The molecule has 5 rings (SSSR count). The van der Waals surface area contributed by atoms with E-state index in [0.29, 0.717) is 17.8 Å². The summed E-state index contributed by atoms with van der Waals surface area (Å²) in [7, 11) is 2.30. The highest BCUT2D eigenvalue weighted by Crippen LogP contribution is 2.55. The van der Waals surface area contributed by atoms with E-state index in [1.54, 1.807) is 12.4 Å². The lowest BCUT2D eigenvalue weighted by Gasteiger charge is -2.49. The molecule has 1 amide bonds. The number of hydrogen-bond donors (Lipinski definition) is 0. The van der Waals surface area contributed by atoms with Gasteiger partial charge in [-0.1, -0.05) is 50.1 Å². The van der Waals surface area contributed by atoms with Gasteiger partial charge in [0.05, 0.1) is 11.9 Å². The number of fused-ring (bicyclic) bond motifs is 1. The summed E-state index contributed by atoms with van der Waals surface area (Å²) < 4.78 is 0. The lowest BCUT2D eigenvalue weighted by molar-refractivity contribution is 0.0155. The number of nitrogens with zero attached hydrogens (tertiary/aromatic N) is 4. The Labute approximate surface area is 179 Å². The van der Waals surface area contributed by atoms with Crippen LogP contribution < -0.4 is 0 Å². The Kier molecular flexibility index (Phi) is 4.89. The highest BCUT2D eigenvalue weighted by molar-refractivity contribution is 5.93. The fraction of sp³-hybridized carbons (Fsp3) is 0.560. The molecule has 0 unspecified atom stereocenters. The van der Waals surface area contributed by atoms with Crippen molar-refractivity contribution in [2.75, 3.05) is 7.05 Å². The molecule has 0 spiro atoms. The van der Waals surface area contributed by atoms with E-state index in [1.807, 2.05) is 6.92 Å². The van der Waals surface area contributed by atoms with E-state index < -0.39 is 0 Å². The van der Waals surface area contributed by atoms with E-state index in [1.165, 1.54) is 24.8 Å². The van der Waals surface area contributed by atoms with Gasteiger partial charge in [-0.25, -0.2) is 4.98 Å². The lowest BCUT2D eigenvalue weighted by atomic mass is 9.69. The number of likely N-dealkylation sites (N-methyl/N-ethyl adjacent to an activating group) is 1. The van der Waals surface area contributed by atoms with Crippen LogP contribution in [0.2, 0.25) is 0 Å². The molecule has 158 valence electrons. The maximum atomic E-state index is 13.8. The molecule has 2 aromatic rings. The highest BCUT2D eigenvalue weighted by Gasteiger charge is 2.62. The summed E-state index contributed by atoms with van der Waals surface area (Å²) in [6.45, 7) is 4.34. The van der Waals surface area contributed by atoms with Crippen molar-refractivity contribution < 1.29 is 4.79 Å². The van der Waals surface area contributed by atoms with Crippen molar-refractivity contribution in [3.8, 4) is 0 Å². The smallest absolute Gasteiger partial charge is 0.274 e. The molecule has 2 aliphatic heterocycles. The largest absolute Gasteiger partial charge is 0.329 e. The number of carbonyl (C=O) groups excluding carboxylic acids is 1. The van der Waals surface area contributed by atoms with E-state index in [-0.39, 0.29) is 23.4 Å². The first kappa shape index (κ1) is 19.7. The second kappa shape index (κ2) is 7.45. The van der Waals surface area contributed by atoms with Crippen LogP contribution in [0, 0.1) is 12.3 Å². The van der Waals surface area contributed by atoms with Gasteiger partial charge in [0.2, 0.25) is 0 Å². The normalized spacial score (nSPS) is 33.4. The molecule has 30 heavy (non-hydrogen) atoms. The predicted octanol–water partition coefficient (Wildman–Crippen LogP) is 3.87. The van der Waals surface area contributed by atoms with Crippen LogP contribution >= 0.6 is 0 Å². The van der Waals surface area contributed by atoms with Crippen LogP contribution in [0.4, 0.5) is 0 Å². The second-order valence-electron chi connectivity index (χ2n) is 9.77. The molecule has 5 atom stereocenters. The predicted molar refractivity (Wildman–Crippen MR) is 117 cm³/mol. The summed E-state index contributed by atoms with van der Waals surface area (Å²) in [5.74, 6) is 0.0650. The third-order valence-corrected chi connectivity index (χ3v) is 8.05. The van der Waals surface area contributed by atoms with Gasteiger partial charge in [-0.2, -0.15) is 0 Å². The number of rotatable bonds is 3. The van der Waals surface area contributed by atoms with E-state index in [2.05, 4.69) is 64.1 Å². The average Bonchev–Trinajstić information content (AvgIpc) is 2.89. The maximum Gasteiger partial charge on any atom is 0.274 e. The van der Waals surface area contributed by atoms with Crippen molar-refractivity contribution in [3.63, 3.8) is 0 Å². The summed E-state index contributed by atoms with van der Waals surface area (Å²) in [5, 5.41) is 0. The summed E-state index contributed by atoms with van der Waals surface area (Å²) in [6.07, 6.45) is 10.2. The number of aryl methyl sites for hydroxylation is 1. The Bertz CT molecular complexity index is 915. The van der Waals surface area contributed by atoms with Gasteiger partial charge in [0, 0.05) is 35.8 Å². The molecule has 3 heterocycles. The molecule has 3 fully saturated rings. The molecule has 5 nitrogen and oxygen atoms in total. The Balaban J connectivity index is 1.55. The summed E-state index contributed by atoms with van der Waals surface area (Å²) in [5.41, 5.74) is 2.82. The number of benzene rings is 1. The Morgan fingerprint density at radius 3 is 2.53 bits per heavy atom. The van der Waals surface area contributed by atoms with E-state index in [9.17, 15) is 4.79 Å². The zero-order chi connectivity index (χ0) is 20.9. The Hall–Kier alpha value is -2.27. The van der Waals surface area contributed by atoms with Crippen molar-refractivity contribution in [3.05, 3.63) is 59.7 Å². The third-order valence-electron chi connectivity index (χ3n) is 8.05. The van der Waals surface area contributed by atoms with Gasteiger partial charge in [0.25, 0.3) is 5.91 Å². The minimum atomic E-state index is 0.0650. The zero-order valence-electron chi connectivity index (χ0n) is 18.3. The van der Waals surface area contributed by atoms with Gasteiger partial charge >= 0.3 is 0 Å². The topological polar surface area (TPSA) is 49.3 Å². The summed E-state index contributed by atoms with van der Waals surface area (Å²) in [6, 6.07) is 12.1. The SMILES string of the molecule is Cc1cnc(C(=O)N2[C@H]3CCCC[C@H]4N(C)[C@H](Cc5ccccc5)[C@@H]2C[C@@]34C)cn1. The Morgan fingerprint density at radius 1 is 1.10 bits per heavy atom. The fourth-order valence-corrected chi connectivity index (χ4v) is 6.62. The molecule has 0 N–H and O–H groups in total. The van der Waals surface area contributed by atoms with Crippen molar-refractivity contribution >= 4 is 5.91 Å². The minimum Gasteiger partial charge on any atom is -0.329 e. The maximum absolute atomic E-state index is 13.8. The first-order chi connectivity index (χ1) is 14.5. The van der Waals surface area contributed by atoms with Gasteiger partial charge in [0.15, 0.2) is 0 Å². The lowest BCUT2D eigenvalue weighted by Crippen LogP contribution is -2.58. The molecular weight excluding hydrogens is 372 g/mol. The number of hydrogen-bond acceptors (Lipinski definition) is 4. The van der Waals surface area contributed by atoms with Gasteiger partial charge in [-0.05, 0) is 45.2 Å².